The summed E-state index contributed by atoms with van der Waals surface area (Å²) < 4.78 is 63.4. The van der Waals surface area contributed by atoms with Crippen LogP contribution in [0.15, 0.2) is 16.7 Å². The fourth-order valence-corrected chi connectivity index (χ4v) is 4.25. The Hall–Kier alpha value is -3.18. The first-order valence-electron chi connectivity index (χ1n) is 10.8. The molecule has 1 saturated heterocycles. The Kier molecular flexibility index (Phi) is 6.03. The van der Waals surface area contributed by atoms with Crippen molar-refractivity contribution in [2.45, 2.75) is 52.4 Å². The Balaban J connectivity index is 1.59. The van der Waals surface area contributed by atoms with Crippen LogP contribution in [0.3, 0.4) is 0 Å². The van der Waals surface area contributed by atoms with Gasteiger partial charge >= 0.3 is 12.1 Å². The molecule has 1 aromatic heterocycles. The maximum absolute atomic E-state index is 15.1. The van der Waals surface area contributed by atoms with E-state index < -0.39 is 29.1 Å². The third-order valence-corrected chi connectivity index (χ3v) is 6.51. The van der Waals surface area contributed by atoms with Crippen molar-refractivity contribution < 1.29 is 36.4 Å². The molecule has 12 heteroatoms. The number of carbonyl (C=O) groups is 2. The minimum atomic E-state index is -4.82. The maximum atomic E-state index is 15.1. The van der Waals surface area contributed by atoms with E-state index in [2.05, 4.69) is 14.7 Å². The zero-order chi connectivity index (χ0) is 24.8. The largest absolute Gasteiger partial charge is 0.491 e. The van der Waals surface area contributed by atoms with Crippen molar-refractivity contribution in [1.29, 1.82) is 0 Å². The summed E-state index contributed by atoms with van der Waals surface area (Å²) in [5.41, 5.74) is -0.628. The van der Waals surface area contributed by atoms with E-state index in [9.17, 15) is 22.8 Å². The second-order valence-electron chi connectivity index (χ2n) is 9.02. The zero-order valence-electron chi connectivity index (χ0n) is 18.9. The number of hydrogen-bond donors (Lipinski definition) is 0. The highest BCUT2D eigenvalue weighted by atomic mass is 19.4. The molecule has 0 radical (unpaired) electrons. The molecule has 1 atom stereocenters. The van der Waals surface area contributed by atoms with Crippen LogP contribution >= 0.6 is 0 Å². The van der Waals surface area contributed by atoms with Gasteiger partial charge in [0.25, 0.3) is 0 Å². The number of hydrogen-bond acceptors (Lipinski definition) is 6. The summed E-state index contributed by atoms with van der Waals surface area (Å²) in [5, 5.41) is 3.29. The van der Waals surface area contributed by atoms with Crippen LogP contribution in [0, 0.1) is 11.2 Å². The summed E-state index contributed by atoms with van der Waals surface area (Å²) in [6.07, 6.45) is -3.84. The molecular weight excluding hydrogens is 460 g/mol. The molecule has 1 aromatic carbocycles. The number of halogens is 4. The number of rotatable bonds is 2. The van der Waals surface area contributed by atoms with Gasteiger partial charge in [-0.05, 0) is 31.9 Å². The minimum Gasteiger partial charge on any atom is -0.491 e. The Labute approximate surface area is 192 Å². The second-order valence-corrected chi connectivity index (χ2v) is 9.02. The third-order valence-electron chi connectivity index (χ3n) is 6.51. The highest BCUT2D eigenvalue weighted by Crippen LogP contribution is 2.38. The molecule has 184 valence electrons. The van der Waals surface area contributed by atoms with Gasteiger partial charge in [0, 0.05) is 36.6 Å². The van der Waals surface area contributed by atoms with E-state index in [0.717, 1.165) is 6.07 Å². The molecule has 0 aliphatic carbocycles. The number of aromatic nitrogens is 2. The van der Waals surface area contributed by atoms with Crippen molar-refractivity contribution in [3.05, 3.63) is 29.4 Å². The van der Waals surface area contributed by atoms with Gasteiger partial charge in [-0.15, -0.1) is 0 Å². The number of benzene rings is 1. The van der Waals surface area contributed by atoms with E-state index in [0.29, 0.717) is 25.9 Å². The van der Waals surface area contributed by atoms with Gasteiger partial charge in [0.05, 0.1) is 12.6 Å². The first-order valence-corrected chi connectivity index (χ1v) is 10.8. The molecule has 0 saturated carbocycles. The molecule has 8 nitrogen and oxygen atoms in total. The van der Waals surface area contributed by atoms with Crippen LogP contribution in [0.1, 0.15) is 45.1 Å². The van der Waals surface area contributed by atoms with Crippen molar-refractivity contribution in [1.82, 2.24) is 19.9 Å². The molecule has 2 aliphatic rings. The summed E-state index contributed by atoms with van der Waals surface area (Å²) in [5.74, 6) is -2.81. The lowest BCUT2D eigenvalue weighted by Crippen LogP contribution is -2.52. The number of piperidine rings is 1. The van der Waals surface area contributed by atoms with Gasteiger partial charge < -0.3 is 19.1 Å². The molecule has 0 unspecified atom stereocenters. The van der Waals surface area contributed by atoms with Crippen LogP contribution in [0.2, 0.25) is 0 Å². The Morgan fingerprint density at radius 3 is 2.47 bits per heavy atom. The van der Waals surface area contributed by atoms with E-state index in [1.165, 1.54) is 13.0 Å². The minimum absolute atomic E-state index is 0.0357. The second kappa shape index (κ2) is 8.55. The number of amides is 2. The number of fused-ring (bicyclic) bond motifs is 1. The monoisotopic (exact) mass is 484 g/mol. The molecule has 34 heavy (non-hydrogen) atoms. The zero-order valence-corrected chi connectivity index (χ0v) is 18.9. The number of carbonyl (C=O) groups excluding carboxylic acids is 2. The van der Waals surface area contributed by atoms with Crippen LogP contribution < -0.4 is 4.74 Å². The summed E-state index contributed by atoms with van der Waals surface area (Å²) in [6, 6.07) is 1.96. The normalized spacial score (nSPS) is 20.4. The standard InChI is InChI=1S/C22H24F4N4O4/c1-12-11-33-17-9-14(18-27-19(34-28-18)22(24,25)26)8-16(23)15(17)10-30(12)20(32)21(3)4-6-29(7-5-21)13(2)31/h8-9,12H,4-7,10-11H2,1-3H3/t12-/m0/s1. The van der Waals surface area contributed by atoms with Gasteiger partial charge in [-0.2, -0.15) is 18.2 Å². The van der Waals surface area contributed by atoms with Crippen LogP contribution in [0.4, 0.5) is 17.6 Å². The Morgan fingerprint density at radius 1 is 1.21 bits per heavy atom. The van der Waals surface area contributed by atoms with E-state index >= 15 is 4.39 Å². The Bertz CT molecular complexity index is 1110. The molecule has 2 amide bonds. The summed E-state index contributed by atoms with van der Waals surface area (Å²) in [4.78, 5) is 31.7. The number of alkyl halides is 3. The van der Waals surface area contributed by atoms with Gasteiger partial charge in [-0.3, -0.25) is 9.59 Å². The van der Waals surface area contributed by atoms with Gasteiger partial charge in [0.2, 0.25) is 17.6 Å². The smallest absolute Gasteiger partial charge is 0.471 e. The van der Waals surface area contributed by atoms with E-state index in [1.54, 1.807) is 16.7 Å². The van der Waals surface area contributed by atoms with Crippen molar-refractivity contribution in [2.24, 2.45) is 5.41 Å². The first kappa shape index (κ1) is 24.0. The average Bonchev–Trinajstić information content (AvgIpc) is 3.21. The molecule has 0 spiro atoms. The van der Waals surface area contributed by atoms with Gasteiger partial charge in [-0.1, -0.05) is 12.1 Å². The average molecular weight is 484 g/mol. The third kappa shape index (κ3) is 4.45. The lowest BCUT2D eigenvalue weighted by Gasteiger charge is -2.41. The highest BCUT2D eigenvalue weighted by Gasteiger charge is 2.43. The molecule has 0 N–H and O–H groups in total. The van der Waals surface area contributed by atoms with E-state index in [4.69, 9.17) is 4.74 Å². The van der Waals surface area contributed by atoms with Gasteiger partial charge in [0.1, 0.15) is 18.2 Å². The molecule has 2 aromatic rings. The lowest BCUT2D eigenvalue weighted by atomic mass is 9.78. The molecule has 1 fully saturated rings. The molecule has 3 heterocycles. The summed E-state index contributed by atoms with van der Waals surface area (Å²) >= 11 is 0. The van der Waals surface area contributed by atoms with Crippen LogP contribution in [0.5, 0.6) is 5.75 Å². The Morgan fingerprint density at radius 2 is 1.88 bits per heavy atom. The predicted molar refractivity (Wildman–Crippen MR) is 110 cm³/mol. The van der Waals surface area contributed by atoms with Gasteiger partial charge in [-0.25, -0.2) is 4.39 Å². The number of ether oxygens (including phenoxy) is 1. The predicted octanol–water partition coefficient (Wildman–Crippen LogP) is 3.65. The van der Waals surface area contributed by atoms with Crippen LogP contribution in [-0.2, 0) is 22.3 Å². The van der Waals surface area contributed by atoms with E-state index in [1.807, 2.05) is 6.92 Å². The van der Waals surface area contributed by atoms with Crippen LogP contribution in [0.25, 0.3) is 11.4 Å². The fraction of sp³-hybridized carbons (Fsp3) is 0.545. The molecule has 4 rings (SSSR count). The highest BCUT2D eigenvalue weighted by molar-refractivity contribution is 5.83. The van der Waals surface area contributed by atoms with Crippen molar-refractivity contribution in [2.75, 3.05) is 19.7 Å². The quantitative estimate of drug-likeness (QED) is 0.605. The van der Waals surface area contributed by atoms with E-state index in [-0.39, 0.29) is 47.9 Å². The summed E-state index contributed by atoms with van der Waals surface area (Å²) in [6.45, 7) is 6.06. The van der Waals surface area contributed by atoms with Crippen LogP contribution in [-0.4, -0.2) is 57.5 Å². The molecule has 0 bridgehead atoms. The lowest BCUT2D eigenvalue weighted by molar-refractivity contribution is -0.159. The van der Waals surface area contributed by atoms with Gasteiger partial charge in [0.15, 0.2) is 0 Å². The fourth-order valence-electron chi connectivity index (χ4n) is 4.25. The summed E-state index contributed by atoms with van der Waals surface area (Å²) in [7, 11) is 0. The topological polar surface area (TPSA) is 88.8 Å². The van der Waals surface area contributed by atoms with Crippen molar-refractivity contribution in [3.8, 4) is 17.1 Å². The molecular formula is C22H24F4N4O4. The molecule has 2 aliphatic heterocycles. The van der Waals surface area contributed by atoms with Crippen molar-refractivity contribution in [3.63, 3.8) is 0 Å². The first-order chi connectivity index (χ1) is 15.9. The number of nitrogens with zero attached hydrogens (tertiary/aromatic N) is 4. The van der Waals surface area contributed by atoms with Crippen molar-refractivity contribution >= 4 is 11.8 Å². The maximum Gasteiger partial charge on any atom is 0.471 e. The number of likely N-dealkylation sites (tertiary alicyclic amines) is 1. The SMILES string of the molecule is CC(=O)N1CCC(C)(C(=O)N2Cc3c(F)cc(-c4noc(C(F)(F)F)n4)cc3OC[C@@H]2C)CC1.